The number of nitrogens with one attached hydrogen (secondary N) is 2. The molecule has 0 aromatic rings. The second kappa shape index (κ2) is 2.66. The first-order chi connectivity index (χ1) is 4.77. The highest BCUT2D eigenvalue weighted by Crippen LogP contribution is 2.01. The zero-order valence-corrected chi connectivity index (χ0v) is 5.63. The molecule has 1 aliphatic rings. The van der Waals surface area contributed by atoms with Gasteiger partial charge in [-0.15, -0.1) is 0 Å². The first-order valence-corrected chi connectivity index (χ1v) is 3.09. The van der Waals surface area contributed by atoms with E-state index in [2.05, 4.69) is 10.6 Å². The first-order valence-electron chi connectivity index (χ1n) is 3.09. The summed E-state index contributed by atoms with van der Waals surface area (Å²) in [4.78, 5) is 0. The van der Waals surface area contributed by atoms with Gasteiger partial charge in [0.25, 0.3) is 0 Å². The van der Waals surface area contributed by atoms with Crippen molar-refractivity contribution in [3.05, 3.63) is 0 Å². The van der Waals surface area contributed by atoms with Crippen molar-refractivity contribution in [2.75, 3.05) is 0 Å². The fourth-order valence-electron chi connectivity index (χ4n) is 1.00. The SMILES string of the molecule is CC1NC(C#N)C(C#N)N1. The van der Waals surface area contributed by atoms with Crippen molar-refractivity contribution < 1.29 is 0 Å². The van der Waals surface area contributed by atoms with Gasteiger partial charge in [-0.2, -0.15) is 10.5 Å². The Balaban J connectivity index is 2.62. The van der Waals surface area contributed by atoms with Crippen molar-refractivity contribution in [1.29, 1.82) is 10.5 Å². The third kappa shape index (κ3) is 1.08. The Labute approximate surface area is 59.4 Å². The van der Waals surface area contributed by atoms with Crippen LogP contribution in [0.25, 0.3) is 0 Å². The number of rotatable bonds is 0. The van der Waals surface area contributed by atoms with E-state index in [9.17, 15) is 0 Å². The average Bonchev–Trinajstić information content (AvgIpc) is 2.30. The van der Waals surface area contributed by atoms with Crippen LogP contribution in [0, 0.1) is 22.7 Å². The molecule has 0 aromatic heterocycles. The van der Waals surface area contributed by atoms with Gasteiger partial charge < -0.3 is 0 Å². The predicted molar refractivity (Wildman–Crippen MR) is 34.5 cm³/mol. The fourth-order valence-corrected chi connectivity index (χ4v) is 1.00. The van der Waals surface area contributed by atoms with E-state index in [1.807, 2.05) is 19.1 Å². The standard InChI is InChI=1S/C6H8N4/c1-4-9-5(2-7)6(3-8)10-4/h4-6,9-10H,1H3. The van der Waals surface area contributed by atoms with Crippen molar-refractivity contribution in [2.24, 2.45) is 0 Å². The molecule has 0 amide bonds. The van der Waals surface area contributed by atoms with Crippen LogP contribution >= 0.6 is 0 Å². The van der Waals surface area contributed by atoms with Gasteiger partial charge in [-0.25, -0.2) is 0 Å². The Hall–Kier alpha value is -1.10. The highest BCUT2D eigenvalue weighted by Gasteiger charge is 2.29. The summed E-state index contributed by atoms with van der Waals surface area (Å²) in [6.45, 7) is 1.88. The van der Waals surface area contributed by atoms with Crippen molar-refractivity contribution in [1.82, 2.24) is 10.6 Å². The molecule has 1 saturated heterocycles. The number of hydrogen-bond donors (Lipinski definition) is 2. The van der Waals surface area contributed by atoms with E-state index in [4.69, 9.17) is 10.5 Å². The quantitative estimate of drug-likeness (QED) is 0.462. The van der Waals surface area contributed by atoms with Crippen molar-refractivity contribution in [3.8, 4) is 12.1 Å². The van der Waals surface area contributed by atoms with Crippen molar-refractivity contribution in [2.45, 2.75) is 25.2 Å². The van der Waals surface area contributed by atoms with Crippen LogP contribution < -0.4 is 10.6 Å². The Morgan fingerprint density at radius 2 is 1.50 bits per heavy atom. The second-order valence-electron chi connectivity index (χ2n) is 2.27. The third-order valence-electron chi connectivity index (χ3n) is 1.47. The van der Waals surface area contributed by atoms with Gasteiger partial charge in [0, 0.05) is 0 Å². The third-order valence-corrected chi connectivity index (χ3v) is 1.47. The molecule has 0 aliphatic carbocycles. The van der Waals surface area contributed by atoms with Gasteiger partial charge in [0.05, 0.1) is 18.3 Å². The molecule has 0 aromatic carbocycles. The Bertz CT molecular complexity index is 177. The van der Waals surface area contributed by atoms with Gasteiger partial charge in [-0.05, 0) is 6.92 Å². The maximum Gasteiger partial charge on any atom is 0.126 e. The first kappa shape index (κ1) is 7.01. The summed E-state index contributed by atoms with van der Waals surface area (Å²) in [6, 6.07) is 3.28. The van der Waals surface area contributed by atoms with Crippen LogP contribution in [0.3, 0.4) is 0 Å². The van der Waals surface area contributed by atoms with E-state index in [1.54, 1.807) is 0 Å². The topological polar surface area (TPSA) is 71.6 Å². The molecule has 0 radical (unpaired) electrons. The summed E-state index contributed by atoms with van der Waals surface area (Å²) in [5, 5.41) is 22.8. The van der Waals surface area contributed by atoms with E-state index in [1.165, 1.54) is 0 Å². The van der Waals surface area contributed by atoms with Gasteiger partial charge in [0.1, 0.15) is 12.1 Å². The summed E-state index contributed by atoms with van der Waals surface area (Å²) in [7, 11) is 0. The number of nitrogens with zero attached hydrogens (tertiary/aromatic N) is 2. The minimum absolute atomic E-state index is 0.0642. The normalized spacial score (nSPS) is 38.5. The monoisotopic (exact) mass is 136 g/mol. The van der Waals surface area contributed by atoms with Gasteiger partial charge in [-0.3, -0.25) is 10.6 Å². The summed E-state index contributed by atoms with van der Waals surface area (Å²) < 4.78 is 0. The molecule has 4 heteroatoms. The lowest BCUT2D eigenvalue weighted by atomic mass is 10.2. The van der Waals surface area contributed by atoms with Crippen LogP contribution in [0.5, 0.6) is 0 Å². The molecule has 1 fully saturated rings. The molecule has 1 heterocycles. The van der Waals surface area contributed by atoms with Crippen LogP contribution in [-0.4, -0.2) is 18.2 Å². The van der Waals surface area contributed by atoms with Crippen LogP contribution in [-0.2, 0) is 0 Å². The minimum Gasteiger partial charge on any atom is -0.285 e. The van der Waals surface area contributed by atoms with Gasteiger partial charge in [-0.1, -0.05) is 0 Å². The Morgan fingerprint density at radius 3 is 1.80 bits per heavy atom. The molecule has 0 bridgehead atoms. The maximum atomic E-state index is 8.48. The lowest BCUT2D eigenvalue weighted by Gasteiger charge is -1.99. The van der Waals surface area contributed by atoms with Gasteiger partial charge in [0.15, 0.2) is 0 Å². The van der Waals surface area contributed by atoms with E-state index in [0.717, 1.165) is 0 Å². The van der Waals surface area contributed by atoms with E-state index in [-0.39, 0.29) is 18.2 Å². The zero-order chi connectivity index (χ0) is 7.56. The van der Waals surface area contributed by atoms with Gasteiger partial charge in [0.2, 0.25) is 0 Å². The van der Waals surface area contributed by atoms with E-state index >= 15 is 0 Å². The summed E-state index contributed by atoms with van der Waals surface area (Å²) in [5.41, 5.74) is 0. The lowest BCUT2D eigenvalue weighted by molar-refractivity contribution is 0.587. The van der Waals surface area contributed by atoms with E-state index < -0.39 is 0 Å². The van der Waals surface area contributed by atoms with E-state index in [0.29, 0.717) is 0 Å². The molecule has 52 valence electrons. The largest absolute Gasteiger partial charge is 0.285 e. The summed E-state index contributed by atoms with van der Waals surface area (Å²) in [5.74, 6) is 0. The smallest absolute Gasteiger partial charge is 0.126 e. The summed E-state index contributed by atoms with van der Waals surface area (Å²) in [6.07, 6.45) is 0.0642. The zero-order valence-electron chi connectivity index (χ0n) is 5.63. The molecule has 2 N–H and O–H groups in total. The Morgan fingerprint density at radius 1 is 1.10 bits per heavy atom. The maximum absolute atomic E-state index is 8.48. The van der Waals surface area contributed by atoms with Crippen LogP contribution in [0.2, 0.25) is 0 Å². The molecule has 4 nitrogen and oxygen atoms in total. The highest BCUT2D eigenvalue weighted by atomic mass is 15.2. The van der Waals surface area contributed by atoms with Crippen LogP contribution in [0.1, 0.15) is 6.92 Å². The van der Waals surface area contributed by atoms with Gasteiger partial charge >= 0.3 is 0 Å². The predicted octanol–water partition coefficient (Wildman–Crippen LogP) is -0.690. The number of hydrogen-bond acceptors (Lipinski definition) is 4. The molecule has 2 unspecified atom stereocenters. The molecule has 1 rings (SSSR count). The van der Waals surface area contributed by atoms with Crippen LogP contribution in [0.4, 0.5) is 0 Å². The number of nitriles is 2. The molecular formula is C6H8N4. The Kier molecular flexibility index (Phi) is 1.86. The molecule has 2 atom stereocenters. The summed E-state index contributed by atoms with van der Waals surface area (Å²) >= 11 is 0. The molecular weight excluding hydrogens is 128 g/mol. The molecule has 10 heavy (non-hydrogen) atoms. The molecule has 0 spiro atoms. The molecule has 0 saturated carbocycles. The molecule has 1 aliphatic heterocycles. The highest BCUT2D eigenvalue weighted by molar-refractivity contribution is 5.13. The minimum atomic E-state index is -0.361. The van der Waals surface area contributed by atoms with Crippen molar-refractivity contribution >= 4 is 0 Å². The lowest BCUT2D eigenvalue weighted by Crippen LogP contribution is -2.30. The second-order valence-corrected chi connectivity index (χ2v) is 2.27. The van der Waals surface area contributed by atoms with Crippen molar-refractivity contribution in [3.63, 3.8) is 0 Å². The average molecular weight is 136 g/mol. The fraction of sp³-hybridized carbons (Fsp3) is 0.667. The van der Waals surface area contributed by atoms with Crippen LogP contribution in [0.15, 0.2) is 0 Å².